The third-order valence-electron chi connectivity index (χ3n) is 2.60. The second kappa shape index (κ2) is 4.75. The molecule has 2 aromatic rings. The largest absolute Gasteiger partial charge is 0.399 e. The number of aryl methyl sites for hydroxylation is 1. The zero-order chi connectivity index (χ0) is 13.1. The highest BCUT2D eigenvalue weighted by Gasteiger charge is 2.09. The molecule has 0 saturated heterocycles. The predicted octanol–water partition coefficient (Wildman–Crippen LogP) is 1.52. The average molecular weight is 243 g/mol. The maximum atomic E-state index is 11.9. The number of nitrogens with one attached hydrogen (secondary N) is 2. The summed E-state index contributed by atoms with van der Waals surface area (Å²) >= 11 is 0. The first-order chi connectivity index (χ1) is 8.58. The molecule has 1 aromatic heterocycles. The van der Waals surface area contributed by atoms with E-state index in [1.807, 2.05) is 6.92 Å². The van der Waals surface area contributed by atoms with Crippen LogP contribution >= 0.6 is 0 Å². The molecule has 1 amide bonds. The van der Waals surface area contributed by atoms with Gasteiger partial charge in [0.25, 0.3) is 5.91 Å². The van der Waals surface area contributed by atoms with Crippen LogP contribution in [-0.4, -0.2) is 10.9 Å². The number of amides is 1. The van der Waals surface area contributed by atoms with Crippen molar-refractivity contribution in [2.24, 2.45) is 0 Å². The first kappa shape index (κ1) is 11.9. The Morgan fingerprint density at radius 3 is 2.78 bits per heavy atom. The molecule has 18 heavy (non-hydrogen) atoms. The molecule has 0 aliphatic heterocycles. The van der Waals surface area contributed by atoms with E-state index >= 15 is 0 Å². The van der Waals surface area contributed by atoms with E-state index in [1.165, 1.54) is 18.5 Å². The van der Waals surface area contributed by atoms with Gasteiger partial charge in [0.1, 0.15) is 5.56 Å². The van der Waals surface area contributed by atoms with Gasteiger partial charge in [0, 0.05) is 29.8 Å². The highest BCUT2D eigenvalue weighted by molar-refractivity contribution is 6.04. The van der Waals surface area contributed by atoms with Crippen molar-refractivity contribution in [1.82, 2.24) is 4.98 Å². The molecule has 92 valence electrons. The molecule has 0 aliphatic rings. The van der Waals surface area contributed by atoms with Crippen molar-refractivity contribution in [3.63, 3.8) is 0 Å². The Hall–Kier alpha value is -2.56. The van der Waals surface area contributed by atoms with Crippen LogP contribution in [0.3, 0.4) is 0 Å². The number of H-pyrrole nitrogens is 1. The number of nitrogens with two attached hydrogens (primary N) is 1. The smallest absolute Gasteiger partial charge is 0.261 e. The summed E-state index contributed by atoms with van der Waals surface area (Å²) < 4.78 is 0. The highest BCUT2D eigenvalue weighted by Crippen LogP contribution is 2.16. The molecule has 5 heteroatoms. The molecule has 0 fully saturated rings. The number of pyridine rings is 1. The van der Waals surface area contributed by atoms with Crippen LogP contribution in [0, 0.1) is 6.92 Å². The van der Waals surface area contributed by atoms with Crippen molar-refractivity contribution in [2.45, 2.75) is 6.92 Å². The quantitative estimate of drug-likeness (QED) is 0.699. The molecule has 4 N–H and O–H groups in total. The summed E-state index contributed by atoms with van der Waals surface area (Å²) in [6, 6.07) is 6.46. The Kier molecular flexibility index (Phi) is 3.14. The maximum absolute atomic E-state index is 11.9. The minimum atomic E-state index is -0.443. The number of anilines is 2. The second-order valence-corrected chi connectivity index (χ2v) is 3.95. The van der Waals surface area contributed by atoms with E-state index in [0.717, 1.165) is 5.56 Å². The summed E-state index contributed by atoms with van der Waals surface area (Å²) in [5.74, 6) is -0.443. The van der Waals surface area contributed by atoms with Gasteiger partial charge in [-0.3, -0.25) is 9.59 Å². The Balaban J connectivity index is 2.24. The Morgan fingerprint density at radius 2 is 2.11 bits per heavy atom. The maximum Gasteiger partial charge on any atom is 0.261 e. The van der Waals surface area contributed by atoms with Gasteiger partial charge >= 0.3 is 0 Å². The highest BCUT2D eigenvalue weighted by atomic mass is 16.2. The lowest BCUT2D eigenvalue weighted by Crippen LogP contribution is -2.20. The van der Waals surface area contributed by atoms with Crippen LogP contribution < -0.4 is 16.5 Å². The summed E-state index contributed by atoms with van der Waals surface area (Å²) in [5, 5.41) is 2.65. The molecule has 2 rings (SSSR count). The van der Waals surface area contributed by atoms with Gasteiger partial charge in [0.15, 0.2) is 5.43 Å². The molecule has 0 saturated carbocycles. The number of carbonyl (C=O) groups is 1. The van der Waals surface area contributed by atoms with Crippen LogP contribution in [0.1, 0.15) is 15.9 Å². The van der Waals surface area contributed by atoms with E-state index in [-0.39, 0.29) is 11.0 Å². The molecule has 5 nitrogen and oxygen atoms in total. The normalized spacial score (nSPS) is 10.1. The van der Waals surface area contributed by atoms with Crippen molar-refractivity contribution in [3.8, 4) is 0 Å². The molecular formula is C13H13N3O2. The van der Waals surface area contributed by atoms with E-state index in [9.17, 15) is 9.59 Å². The summed E-state index contributed by atoms with van der Waals surface area (Å²) in [6.07, 6.45) is 2.86. The minimum Gasteiger partial charge on any atom is -0.399 e. The van der Waals surface area contributed by atoms with Crippen LogP contribution in [0.2, 0.25) is 0 Å². The van der Waals surface area contributed by atoms with Gasteiger partial charge in [-0.05, 0) is 30.7 Å². The fourth-order valence-electron chi connectivity index (χ4n) is 1.55. The molecule has 0 unspecified atom stereocenters. The van der Waals surface area contributed by atoms with Crippen molar-refractivity contribution in [1.29, 1.82) is 0 Å². The van der Waals surface area contributed by atoms with E-state index < -0.39 is 5.91 Å². The second-order valence-electron chi connectivity index (χ2n) is 3.95. The van der Waals surface area contributed by atoms with Gasteiger partial charge in [0.05, 0.1) is 0 Å². The predicted molar refractivity (Wildman–Crippen MR) is 70.6 cm³/mol. The number of aromatic nitrogens is 1. The van der Waals surface area contributed by atoms with Crippen molar-refractivity contribution in [3.05, 3.63) is 58.0 Å². The standard InChI is InChI=1S/C13H13N3O2/c1-8-6-9(2-3-11(8)14)16-13(18)10-7-15-5-4-12(10)17/h2-7H,14H2,1H3,(H,15,17)(H,16,18). The summed E-state index contributed by atoms with van der Waals surface area (Å²) in [6.45, 7) is 1.85. The molecule has 0 aliphatic carbocycles. The molecule has 0 radical (unpaired) electrons. The number of hydrogen-bond acceptors (Lipinski definition) is 3. The molecule has 1 aromatic carbocycles. The number of carbonyl (C=O) groups excluding carboxylic acids is 1. The number of nitrogen functional groups attached to an aromatic ring is 1. The summed E-state index contributed by atoms with van der Waals surface area (Å²) in [7, 11) is 0. The SMILES string of the molecule is Cc1cc(NC(=O)c2c[nH]ccc2=O)ccc1N. The average Bonchev–Trinajstić information content (AvgIpc) is 2.34. The van der Waals surface area contributed by atoms with Gasteiger partial charge in [-0.1, -0.05) is 0 Å². The summed E-state index contributed by atoms with van der Waals surface area (Å²) in [5.41, 5.74) is 7.58. The van der Waals surface area contributed by atoms with Gasteiger partial charge in [0.2, 0.25) is 0 Å². The molecule has 0 spiro atoms. The van der Waals surface area contributed by atoms with Gasteiger partial charge in [-0.2, -0.15) is 0 Å². The zero-order valence-electron chi connectivity index (χ0n) is 9.86. The van der Waals surface area contributed by atoms with Crippen molar-refractivity contribution in [2.75, 3.05) is 11.1 Å². The van der Waals surface area contributed by atoms with E-state index in [0.29, 0.717) is 11.4 Å². The van der Waals surface area contributed by atoms with Crippen LogP contribution in [0.15, 0.2) is 41.5 Å². The zero-order valence-corrected chi connectivity index (χ0v) is 9.86. The third kappa shape index (κ3) is 2.40. The van der Waals surface area contributed by atoms with Crippen LogP contribution in [0.4, 0.5) is 11.4 Å². The van der Waals surface area contributed by atoms with E-state index in [1.54, 1.807) is 18.2 Å². The number of hydrogen-bond donors (Lipinski definition) is 3. The summed E-state index contributed by atoms with van der Waals surface area (Å²) in [4.78, 5) is 26.0. The first-order valence-corrected chi connectivity index (χ1v) is 5.42. The number of benzene rings is 1. The first-order valence-electron chi connectivity index (χ1n) is 5.42. The van der Waals surface area contributed by atoms with Gasteiger partial charge < -0.3 is 16.0 Å². The van der Waals surface area contributed by atoms with Crippen LogP contribution in [0.25, 0.3) is 0 Å². The van der Waals surface area contributed by atoms with E-state index in [2.05, 4.69) is 10.3 Å². The Labute approximate surface area is 104 Å². The van der Waals surface area contributed by atoms with Crippen LogP contribution in [0.5, 0.6) is 0 Å². The lowest BCUT2D eigenvalue weighted by atomic mass is 10.1. The van der Waals surface area contributed by atoms with Crippen LogP contribution in [-0.2, 0) is 0 Å². The molecule has 0 atom stereocenters. The lowest BCUT2D eigenvalue weighted by Gasteiger charge is -2.07. The van der Waals surface area contributed by atoms with E-state index in [4.69, 9.17) is 5.73 Å². The van der Waals surface area contributed by atoms with Crippen molar-refractivity contribution < 1.29 is 4.79 Å². The molecule has 0 bridgehead atoms. The fraction of sp³-hybridized carbons (Fsp3) is 0.0769. The number of aromatic amines is 1. The minimum absolute atomic E-state index is 0.0759. The van der Waals surface area contributed by atoms with Gasteiger partial charge in [-0.25, -0.2) is 0 Å². The van der Waals surface area contributed by atoms with Crippen molar-refractivity contribution >= 4 is 17.3 Å². The topological polar surface area (TPSA) is 88.0 Å². The fourth-order valence-corrected chi connectivity index (χ4v) is 1.55. The van der Waals surface area contributed by atoms with Gasteiger partial charge in [-0.15, -0.1) is 0 Å². The Morgan fingerprint density at radius 1 is 1.33 bits per heavy atom. The molecular weight excluding hydrogens is 230 g/mol. The lowest BCUT2D eigenvalue weighted by molar-refractivity contribution is 0.102. The third-order valence-corrected chi connectivity index (χ3v) is 2.60. The monoisotopic (exact) mass is 243 g/mol. The Bertz CT molecular complexity index is 647. The number of rotatable bonds is 2. The molecule has 1 heterocycles.